The van der Waals surface area contributed by atoms with E-state index < -0.39 is 18.7 Å². The van der Waals surface area contributed by atoms with Gasteiger partial charge in [0.15, 0.2) is 6.10 Å². The second-order valence-electron chi connectivity index (χ2n) is 4.45. The summed E-state index contributed by atoms with van der Waals surface area (Å²) < 4.78 is 38.5. The number of hydrogen-bond donors (Lipinski definition) is 1. The maximum absolute atomic E-state index is 12.3. The third kappa shape index (κ3) is 3.00. The van der Waals surface area contributed by atoms with Gasteiger partial charge in [-0.2, -0.15) is 18.3 Å². The lowest BCUT2D eigenvalue weighted by Gasteiger charge is -2.15. The molecule has 0 saturated carbocycles. The molecule has 0 radical (unpaired) electrons. The molecule has 0 fully saturated rings. The highest BCUT2D eigenvalue weighted by atomic mass is 19.4. The molecule has 0 amide bonds. The number of hydrogen-bond acceptors (Lipinski definition) is 2. The Morgan fingerprint density at radius 3 is 2.18 bits per heavy atom. The van der Waals surface area contributed by atoms with Gasteiger partial charge in [-0.3, -0.25) is 4.68 Å². The first-order valence-corrected chi connectivity index (χ1v) is 5.44. The smallest absolute Gasteiger partial charge is 0.383 e. The summed E-state index contributed by atoms with van der Waals surface area (Å²) in [4.78, 5) is 0. The maximum Gasteiger partial charge on any atom is 0.414 e. The largest absolute Gasteiger partial charge is 0.414 e. The lowest BCUT2D eigenvalue weighted by atomic mass is 10.1. The van der Waals surface area contributed by atoms with Crippen molar-refractivity contribution in [2.75, 3.05) is 0 Å². The summed E-state index contributed by atoms with van der Waals surface area (Å²) in [6.45, 7) is 7.19. The Bertz CT molecular complexity index is 396. The van der Waals surface area contributed by atoms with Crippen LogP contribution in [0.25, 0.3) is 0 Å². The summed E-state index contributed by atoms with van der Waals surface area (Å²) >= 11 is 0. The van der Waals surface area contributed by atoms with Crippen LogP contribution in [-0.2, 0) is 6.42 Å². The van der Waals surface area contributed by atoms with E-state index in [0.29, 0.717) is 17.0 Å². The molecular formula is C11H17F3N2O. The summed E-state index contributed by atoms with van der Waals surface area (Å²) in [5.41, 5.74) is 1.70. The number of aromatic nitrogens is 2. The Labute approximate surface area is 98.2 Å². The van der Waals surface area contributed by atoms with Gasteiger partial charge in [-0.1, -0.05) is 0 Å². The van der Waals surface area contributed by atoms with Crippen molar-refractivity contribution >= 4 is 0 Å². The average Bonchev–Trinajstić information content (AvgIpc) is 2.44. The third-order valence-corrected chi connectivity index (χ3v) is 2.74. The van der Waals surface area contributed by atoms with E-state index in [1.54, 1.807) is 18.5 Å². The molecule has 6 heteroatoms. The van der Waals surface area contributed by atoms with Gasteiger partial charge in [0.1, 0.15) is 0 Å². The molecule has 0 spiro atoms. The van der Waals surface area contributed by atoms with E-state index in [2.05, 4.69) is 5.10 Å². The van der Waals surface area contributed by atoms with Crippen LogP contribution in [0.2, 0.25) is 0 Å². The molecule has 0 aliphatic rings. The molecule has 17 heavy (non-hydrogen) atoms. The van der Waals surface area contributed by atoms with Gasteiger partial charge in [-0.05, 0) is 33.3 Å². The lowest BCUT2D eigenvalue weighted by Crippen LogP contribution is -2.30. The first-order valence-electron chi connectivity index (χ1n) is 5.44. The van der Waals surface area contributed by atoms with Crippen LogP contribution in [0.5, 0.6) is 0 Å². The van der Waals surface area contributed by atoms with Crippen molar-refractivity contribution in [1.82, 2.24) is 9.78 Å². The molecule has 1 atom stereocenters. The Kier molecular flexibility index (Phi) is 3.86. The minimum atomic E-state index is -4.58. The summed E-state index contributed by atoms with van der Waals surface area (Å²) in [5, 5.41) is 13.3. The molecule has 1 rings (SSSR count). The number of halogens is 3. The second kappa shape index (κ2) is 4.68. The summed E-state index contributed by atoms with van der Waals surface area (Å²) in [7, 11) is 0. The van der Waals surface area contributed by atoms with Crippen LogP contribution in [-0.4, -0.2) is 27.2 Å². The number of aryl methyl sites for hydroxylation is 1. The molecule has 0 saturated heterocycles. The van der Waals surface area contributed by atoms with Crippen molar-refractivity contribution in [1.29, 1.82) is 0 Å². The van der Waals surface area contributed by atoms with Crippen LogP contribution >= 0.6 is 0 Å². The molecule has 1 heterocycles. The molecule has 1 aromatic heterocycles. The van der Waals surface area contributed by atoms with Crippen LogP contribution in [0.4, 0.5) is 13.2 Å². The van der Waals surface area contributed by atoms with Crippen molar-refractivity contribution in [3.8, 4) is 0 Å². The fraction of sp³-hybridized carbons (Fsp3) is 0.727. The Morgan fingerprint density at radius 1 is 1.29 bits per heavy atom. The molecule has 98 valence electrons. The second-order valence-corrected chi connectivity index (χ2v) is 4.45. The van der Waals surface area contributed by atoms with E-state index >= 15 is 0 Å². The molecule has 3 nitrogen and oxygen atoms in total. The van der Waals surface area contributed by atoms with Gasteiger partial charge in [0.2, 0.25) is 0 Å². The highest BCUT2D eigenvalue weighted by Crippen LogP contribution is 2.26. The fourth-order valence-electron chi connectivity index (χ4n) is 1.80. The fourth-order valence-corrected chi connectivity index (χ4v) is 1.80. The van der Waals surface area contributed by atoms with Crippen molar-refractivity contribution in [3.63, 3.8) is 0 Å². The quantitative estimate of drug-likeness (QED) is 0.895. The van der Waals surface area contributed by atoms with Crippen molar-refractivity contribution < 1.29 is 18.3 Å². The molecule has 0 aliphatic heterocycles. The monoisotopic (exact) mass is 250 g/mol. The van der Waals surface area contributed by atoms with Crippen LogP contribution in [0.3, 0.4) is 0 Å². The van der Waals surface area contributed by atoms with Gasteiger partial charge in [0.25, 0.3) is 0 Å². The minimum absolute atomic E-state index is 0.0884. The van der Waals surface area contributed by atoms with E-state index in [0.717, 1.165) is 0 Å². The van der Waals surface area contributed by atoms with E-state index in [1.807, 2.05) is 13.8 Å². The summed E-state index contributed by atoms with van der Waals surface area (Å²) in [6.07, 6.45) is -7.35. The van der Waals surface area contributed by atoms with E-state index in [-0.39, 0.29) is 6.04 Å². The van der Waals surface area contributed by atoms with Crippen LogP contribution in [0.15, 0.2) is 0 Å². The molecule has 0 aromatic carbocycles. The van der Waals surface area contributed by atoms with Crippen LogP contribution in [0.1, 0.15) is 36.8 Å². The van der Waals surface area contributed by atoms with Gasteiger partial charge in [0, 0.05) is 18.2 Å². The lowest BCUT2D eigenvalue weighted by molar-refractivity contribution is -0.203. The summed E-state index contributed by atoms with van der Waals surface area (Å²) in [5.74, 6) is 0. The van der Waals surface area contributed by atoms with Crippen LogP contribution < -0.4 is 0 Å². The zero-order chi connectivity index (χ0) is 13.4. The van der Waals surface area contributed by atoms with Gasteiger partial charge in [-0.25, -0.2) is 0 Å². The molecule has 0 bridgehead atoms. The zero-order valence-electron chi connectivity index (χ0n) is 10.3. The molecule has 1 N–H and O–H groups in total. The number of rotatable bonds is 3. The molecule has 1 unspecified atom stereocenters. The average molecular weight is 250 g/mol. The highest BCUT2D eigenvalue weighted by Gasteiger charge is 2.39. The van der Waals surface area contributed by atoms with Gasteiger partial charge < -0.3 is 5.11 Å². The van der Waals surface area contributed by atoms with Gasteiger partial charge in [-0.15, -0.1) is 0 Å². The predicted octanol–water partition coefficient (Wildman–Crippen LogP) is 2.55. The molecule has 0 aliphatic carbocycles. The minimum Gasteiger partial charge on any atom is -0.383 e. The van der Waals surface area contributed by atoms with Gasteiger partial charge in [0.05, 0.1) is 5.69 Å². The number of aliphatic hydroxyl groups is 1. The summed E-state index contributed by atoms with van der Waals surface area (Å²) in [6, 6.07) is 0.0884. The first-order chi connectivity index (χ1) is 7.64. The molecule has 1 aromatic rings. The van der Waals surface area contributed by atoms with Gasteiger partial charge >= 0.3 is 6.18 Å². The SMILES string of the molecule is Cc1nn(C(C)C)c(C)c1CC(O)C(F)(F)F. The zero-order valence-corrected chi connectivity index (χ0v) is 10.3. The van der Waals surface area contributed by atoms with E-state index in [1.165, 1.54) is 0 Å². The van der Waals surface area contributed by atoms with E-state index in [9.17, 15) is 13.2 Å². The number of nitrogens with zero attached hydrogens (tertiary/aromatic N) is 2. The van der Waals surface area contributed by atoms with Crippen molar-refractivity contribution in [2.45, 2.75) is 52.4 Å². The Morgan fingerprint density at radius 2 is 1.82 bits per heavy atom. The Balaban J connectivity index is 3.00. The predicted molar refractivity (Wildman–Crippen MR) is 57.9 cm³/mol. The number of alkyl halides is 3. The van der Waals surface area contributed by atoms with Crippen LogP contribution in [0, 0.1) is 13.8 Å². The van der Waals surface area contributed by atoms with Crippen molar-refractivity contribution in [3.05, 3.63) is 17.0 Å². The number of aliphatic hydroxyl groups excluding tert-OH is 1. The topological polar surface area (TPSA) is 38.0 Å². The standard InChI is InChI=1S/C11H17F3N2O/c1-6(2)16-8(4)9(7(3)15-16)5-10(17)11(12,13)14/h6,10,17H,5H2,1-4H3. The third-order valence-electron chi connectivity index (χ3n) is 2.74. The van der Waals surface area contributed by atoms with Crippen molar-refractivity contribution in [2.24, 2.45) is 0 Å². The first kappa shape index (κ1) is 14.0. The normalized spacial score (nSPS) is 14.4. The highest BCUT2D eigenvalue weighted by molar-refractivity contribution is 5.25. The maximum atomic E-state index is 12.3. The van der Waals surface area contributed by atoms with E-state index in [4.69, 9.17) is 5.11 Å². The molecular weight excluding hydrogens is 233 g/mol. The Hall–Kier alpha value is -1.04.